The van der Waals surface area contributed by atoms with Crippen LogP contribution in [0, 0.1) is 6.92 Å². The van der Waals surface area contributed by atoms with Gasteiger partial charge < -0.3 is 5.32 Å². The first-order valence-corrected chi connectivity index (χ1v) is 5.88. The van der Waals surface area contributed by atoms with Gasteiger partial charge in [-0.05, 0) is 25.6 Å². The van der Waals surface area contributed by atoms with Crippen LogP contribution in [0.2, 0.25) is 13.1 Å². The zero-order valence-electron chi connectivity index (χ0n) is 10.1. The lowest BCUT2D eigenvalue weighted by molar-refractivity contribution is 0.621. The summed E-state index contributed by atoms with van der Waals surface area (Å²) in [4.78, 5) is 4.53. The van der Waals surface area contributed by atoms with Crippen molar-refractivity contribution in [3.8, 4) is 0 Å². The summed E-state index contributed by atoms with van der Waals surface area (Å²) in [5.74, 6) is 0.502. The van der Waals surface area contributed by atoms with Crippen LogP contribution in [0.1, 0.15) is 24.2 Å². The number of nitrogens with zero attached hydrogens (tertiary/aromatic N) is 1. The molecule has 0 amide bonds. The summed E-state index contributed by atoms with van der Waals surface area (Å²) in [6.07, 6.45) is 1.26. The number of hydrogen-bond acceptors (Lipinski definition) is 2. The van der Waals surface area contributed by atoms with Crippen LogP contribution in [0.3, 0.4) is 0 Å². The number of aryl methyl sites for hydroxylation is 1. The molecule has 1 rings (SSSR count). The van der Waals surface area contributed by atoms with Crippen molar-refractivity contribution in [1.29, 1.82) is 0 Å². The van der Waals surface area contributed by atoms with Gasteiger partial charge in [-0.15, -0.1) is 0 Å². The Morgan fingerprint density at radius 3 is 2.93 bits per heavy atom. The van der Waals surface area contributed by atoms with Crippen molar-refractivity contribution in [1.82, 2.24) is 10.3 Å². The van der Waals surface area contributed by atoms with Gasteiger partial charge in [0.1, 0.15) is 7.28 Å². The van der Waals surface area contributed by atoms with E-state index in [2.05, 4.69) is 36.2 Å². The summed E-state index contributed by atoms with van der Waals surface area (Å²) in [6.45, 7) is 8.62. The summed E-state index contributed by atoms with van der Waals surface area (Å²) in [7, 11) is 1.25. The monoisotopic (exact) mass is 204 g/mol. The molecular weight excluding hydrogens is 183 g/mol. The molecule has 82 valence electrons. The van der Waals surface area contributed by atoms with Crippen molar-refractivity contribution >= 4 is 7.28 Å². The number of hydrogen-bond donors (Lipinski definition) is 1. The third-order valence-electron chi connectivity index (χ3n) is 2.57. The standard InChI is InChI=1S/C12H21BN2/c1-10(9-14-8-7-13-3)12-6-4-5-11(2)15-12/h4-6,10,13-14H,7-9H2,1-3H3. The minimum Gasteiger partial charge on any atom is -0.317 e. The van der Waals surface area contributed by atoms with Crippen molar-refractivity contribution in [3.05, 3.63) is 29.6 Å². The SMILES string of the molecule is CBCCNCC(C)c1cccc(C)n1. The molecule has 0 saturated heterocycles. The van der Waals surface area contributed by atoms with Gasteiger partial charge in [-0.1, -0.05) is 26.1 Å². The highest BCUT2D eigenvalue weighted by atomic mass is 14.9. The number of nitrogens with one attached hydrogen (secondary N) is 1. The quantitative estimate of drug-likeness (QED) is 0.566. The average Bonchev–Trinajstić information content (AvgIpc) is 2.24. The number of rotatable bonds is 6. The van der Waals surface area contributed by atoms with Gasteiger partial charge in [-0.2, -0.15) is 0 Å². The highest BCUT2D eigenvalue weighted by Crippen LogP contribution is 2.11. The first-order chi connectivity index (χ1) is 7.24. The third kappa shape index (κ3) is 4.47. The van der Waals surface area contributed by atoms with Gasteiger partial charge in [-0.25, -0.2) is 0 Å². The summed E-state index contributed by atoms with van der Waals surface area (Å²) >= 11 is 0. The fourth-order valence-corrected chi connectivity index (χ4v) is 1.56. The van der Waals surface area contributed by atoms with Crippen LogP contribution in [-0.4, -0.2) is 25.4 Å². The lowest BCUT2D eigenvalue weighted by Crippen LogP contribution is -2.22. The van der Waals surface area contributed by atoms with E-state index in [1.165, 1.54) is 19.3 Å². The smallest absolute Gasteiger partial charge is 0.119 e. The summed E-state index contributed by atoms with van der Waals surface area (Å²) in [5, 5.41) is 3.46. The van der Waals surface area contributed by atoms with E-state index in [0.29, 0.717) is 5.92 Å². The van der Waals surface area contributed by atoms with Crippen LogP contribution in [-0.2, 0) is 0 Å². The van der Waals surface area contributed by atoms with Crippen molar-refractivity contribution < 1.29 is 0 Å². The first kappa shape index (κ1) is 12.2. The zero-order valence-corrected chi connectivity index (χ0v) is 10.1. The van der Waals surface area contributed by atoms with Gasteiger partial charge in [-0.3, -0.25) is 4.98 Å². The molecule has 1 heterocycles. The Hall–Kier alpha value is -0.825. The Labute approximate surface area is 93.7 Å². The highest BCUT2D eigenvalue weighted by molar-refractivity contribution is 6.33. The Kier molecular flexibility index (Phi) is 5.40. The molecule has 0 spiro atoms. The maximum Gasteiger partial charge on any atom is 0.119 e. The molecule has 1 atom stereocenters. The molecule has 0 fully saturated rings. The maximum atomic E-state index is 4.53. The van der Waals surface area contributed by atoms with Crippen LogP contribution < -0.4 is 5.32 Å². The molecule has 1 aromatic heterocycles. The minimum atomic E-state index is 0.502. The second kappa shape index (κ2) is 6.62. The van der Waals surface area contributed by atoms with Crippen molar-refractivity contribution in [2.75, 3.05) is 13.1 Å². The molecule has 2 nitrogen and oxygen atoms in total. The van der Waals surface area contributed by atoms with E-state index in [4.69, 9.17) is 0 Å². The maximum absolute atomic E-state index is 4.53. The minimum absolute atomic E-state index is 0.502. The van der Waals surface area contributed by atoms with Crippen molar-refractivity contribution in [2.45, 2.75) is 32.9 Å². The van der Waals surface area contributed by atoms with E-state index in [9.17, 15) is 0 Å². The molecule has 1 unspecified atom stereocenters. The van der Waals surface area contributed by atoms with Gasteiger partial charge in [0.25, 0.3) is 0 Å². The van der Waals surface area contributed by atoms with Crippen LogP contribution in [0.25, 0.3) is 0 Å². The fourth-order valence-electron chi connectivity index (χ4n) is 1.56. The fraction of sp³-hybridized carbons (Fsp3) is 0.583. The van der Waals surface area contributed by atoms with Gasteiger partial charge >= 0.3 is 0 Å². The molecule has 1 aromatic rings. The predicted molar refractivity (Wildman–Crippen MR) is 68.1 cm³/mol. The largest absolute Gasteiger partial charge is 0.317 e. The summed E-state index contributed by atoms with van der Waals surface area (Å²) in [5.41, 5.74) is 2.30. The molecule has 0 aliphatic rings. The lowest BCUT2D eigenvalue weighted by atomic mass is 9.78. The van der Waals surface area contributed by atoms with Crippen molar-refractivity contribution in [2.24, 2.45) is 0 Å². The molecule has 0 aliphatic heterocycles. The molecule has 3 heteroatoms. The van der Waals surface area contributed by atoms with Gasteiger partial charge in [0, 0.05) is 23.9 Å². The second-order valence-corrected chi connectivity index (χ2v) is 4.16. The Morgan fingerprint density at radius 2 is 2.27 bits per heavy atom. The van der Waals surface area contributed by atoms with E-state index in [1.54, 1.807) is 0 Å². The number of pyridine rings is 1. The molecule has 0 bridgehead atoms. The van der Waals surface area contributed by atoms with E-state index in [0.717, 1.165) is 18.8 Å². The van der Waals surface area contributed by atoms with E-state index in [1.807, 2.05) is 13.0 Å². The molecular formula is C12H21BN2. The molecule has 0 radical (unpaired) electrons. The Bertz CT molecular complexity index is 289. The van der Waals surface area contributed by atoms with Gasteiger partial charge in [0.15, 0.2) is 0 Å². The third-order valence-corrected chi connectivity index (χ3v) is 2.57. The van der Waals surface area contributed by atoms with E-state index in [-0.39, 0.29) is 0 Å². The molecule has 1 N–H and O–H groups in total. The molecule has 0 aliphatic carbocycles. The van der Waals surface area contributed by atoms with Gasteiger partial charge in [0.2, 0.25) is 0 Å². The second-order valence-electron chi connectivity index (χ2n) is 4.16. The van der Waals surface area contributed by atoms with Crippen LogP contribution in [0.5, 0.6) is 0 Å². The predicted octanol–water partition coefficient (Wildman–Crippen LogP) is 1.99. The Morgan fingerprint density at radius 1 is 1.47 bits per heavy atom. The molecule has 15 heavy (non-hydrogen) atoms. The van der Waals surface area contributed by atoms with Crippen LogP contribution in [0.4, 0.5) is 0 Å². The average molecular weight is 204 g/mol. The van der Waals surface area contributed by atoms with Crippen molar-refractivity contribution in [3.63, 3.8) is 0 Å². The van der Waals surface area contributed by atoms with E-state index < -0.39 is 0 Å². The zero-order chi connectivity index (χ0) is 11.1. The van der Waals surface area contributed by atoms with Crippen LogP contribution >= 0.6 is 0 Å². The highest BCUT2D eigenvalue weighted by Gasteiger charge is 2.05. The normalized spacial score (nSPS) is 12.5. The van der Waals surface area contributed by atoms with Crippen LogP contribution in [0.15, 0.2) is 18.2 Å². The summed E-state index contributed by atoms with van der Waals surface area (Å²) < 4.78 is 0. The first-order valence-electron chi connectivity index (χ1n) is 5.88. The lowest BCUT2D eigenvalue weighted by Gasteiger charge is -2.12. The number of aromatic nitrogens is 1. The molecule has 0 aromatic carbocycles. The topological polar surface area (TPSA) is 24.9 Å². The summed E-state index contributed by atoms with van der Waals surface area (Å²) in [6, 6.07) is 6.24. The van der Waals surface area contributed by atoms with E-state index >= 15 is 0 Å². The molecule has 0 saturated carbocycles. The van der Waals surface area contributed by atoms with Gasteiger partial charge in [0.05, 0.1) is 0 Å². The Balaban J connectivity index is 2.36.